The number of nitrogens with zero attached hydrogens (tertiary/aromatic N) is 1. The summed E-state index contributed by atoms with van der Waals surface area (Å²) in [7, 11) is 0. The van der Waals surface area contributed by atoms with Crippen LogP contribution in [0.1, 0.15) is 11.1 Å². The van der Waals surface area contributed by atoms with E-state index in [1.165, 1.54) is 22.3 Å². The first-order valence-corrected chi connectivity index (χ1v) is 9.15. The lowest BCUT2D eigenvalue weighted by molar-refractivity contribution is 0.670. The van der Waals surface area contributed by atoms with Crippen LogP contribution >= 0.6 is 0 Å². The fourth-order valence-electron chi connectivity index (χ4n) is 3.66. The van der Waals surface area contributed by atoms with E-state index in [2.05, 4.69) is 68.4 Å². The highest BCUT2D eigenvalue weighted by Gasteiger charge is 2.14. The quantitative estimate of drug-likeness (QED) is 0.345. The fourth-order valence-corrected chi connectivity index (χ4v) is 3.66. The molecule has 0 aliphatic rings. The Labute approximate surface area is 158 Å². The highest BCUT2D eigenvalue weighted by Crippen LogP contribution is 2.36. The van der Waals surface area contributed by atoms with Crippen molar-refractivity contribution in [2.45, 2.75) is 13.8 Å². The Balaban J connectivity index is 1.73. The van der Waals surface area contributed by atoms with E-state index in [1.807, 2.05) is 24.4 Å². The molecule has 2 aromatic heterocycles. The molecule has 5 aromatic rings. The molecule has 0 spiro atoms. The second kappa shape index (κ2) is 6.10. The maximum absolute atomic E-state index is 6.19. The van der Waals surface area contributed by atoms with Crippen LogP contribution < -0.4 is 0 Å². The van der Waals surface area contributed by atoms with Gasteiger partial charge in [-0.1, -0.05) is 60.2 Å². The number of rotatable bonds is 2. The van der Waals surface area contributed by atoms with Gasteiger partial charge in [-0.15, -0.1) is 0 Å². The van der Waals surface area contributed by atoms with Crippen LogP contribution in [0.4, 0.5) is 0 Å². The molecule has 0 aliphatic carbocycles. The molecular formula is C25H19NO. The average Bonchev–Trinajstić information content (AvgIpc) is 3.08. The van der Waals surface area contributed by atoms with Gasteiger partial charge in [-0.25, -0.2) is 0 Å². The molecule has 2 heteroatoms. The number of benzene rings is 3. The smallest absolute Gasteiger partial charge is 0.144 e. The van der Waals surface area contributed by atoms with Crippen LogP contribution in [0.2, 0.25) is 0 Å². The summed E-state index contributed by atoms with van der Waals surface area (Å²) < 4.78 is 6.19. The van der Waals surface area contributed by atoms with Gasteiger partial charge < -0.3 is 4.42 Å². The molecule has 0 atom stereocenters. The number of fused-ring (bicyclic) bond motifs is 3. The van der Waals surface area contributed by atoms with Crippen molar-refractivity contribution in [3.8, 4) is 22.4 Å². The molecule has 0 aliphatic heterocycles. The van der Waals surface area contributed by atoms with Crippen molar-refractivity contribution in [2.75, 3.05) is 0 Å². The number of aromatic nitrogens is 1. The standard InChI is InChI=1S/C25H19NO/c1-16-10-12-18(13-11-16)22-14-23(26-15-17(22)2)21-8-5-7-20-19-6-3-4-9-24(19)27-25(20)21/h3-15H,1-2H3. The normalized spacial score (nSPS) is 11.3. The zero-order valence-corrected chi connectivity index (χ0v) is 15.4. The van der Waals surface area contributed by atoms with Gasteiger partial charge in [0.25, 0.3) is 0 Å². The van der Waals surface area contributed by atoms with Crippen molar-refractivity contribution in [1.29, 1.82) is 0 Å². The second-order valence-corrected chi connectivity index (χ2v) is 7.03. The van der Waals surface area contributed by atoms with Gasteiger partial charge in [-0.3, -0.25) is 4.98 Å². The van der Waals surface area contributed by atoms with Crippen molar-refractivity contribution in [1.82, 2.24) is 4.98 Å². The third-order valence-electron chi connectivity index (χ3n) is 5.15. The average molecular weight is 349 g/mol. The first-order chi connectivity index (χ1) is 13.2. The molecule has 0 radical (unpaired) electrons. The van der Waals surface area contributed by atoms with Gasteiger partial charge in [0, 0.05) is 22.5 Å². The van der Waals surface area contributed by atoms with Crippen LogP contribution in [0.5, 0.6) is 0 Å². The zero-order valence-electron chi connectivity index (χ0n) is 15.4. The van der Waals surface area contributed by atoms with Gasteiger partial charge >= 0.3 is 0 Å². The Hall–Kier alpha value is -3.39. The van der Waals surface area contributed by atoms with E-state index in [0.717, 1.165) is 33.2 Å². The van der Waals surface area contributed by atoms with Crippen LogP contribution in [-0.2, 0) is 0 Å². The lowest BCUT2D eigenvalue weighted by Crippen LogP contribution is -1.90. The topological polar surface area (TPSA) is 26.0 Å². The molecule has 0 fully saturated rings. The van der Waals surface area contributed by atoms with Crippen LogP contribution in [0.25, 0.3) is 44.3 Å². The molecule has 0 saturated heterocycles. The van der Waals surface area contributed by atoms with Crippen molar-refractivity contribution in [3.05, 3.63) is 90.1 Å². The van der Waals surface area contributed by atoms with Crippen molar-refractivity contribution >= 4 is 21.9 Å². The molecule has 5 rings (SSSR count). The summed E-state index contributed by atoms with van der Waals surface area (Å²) in [6.45, 7) is 4.21. The summed E-state index contributed by atoms with van der Waals surface area (Å²) in [6, 6.07) is 25.2. The monoisotopic (exact) mass is 349 g/mol. The van der Waals surface area contributed by atoms with E-state index in [1.54, 1.807) is 0 Å². The van der Waals surface area contributed by atoms with E-state index in [0.29, 0.717) is 0 Å². The van der Waals surface area contributed by atoms with Gasteiger partial charge in [-0.05, 0) is 48.7 Å². The van der Waals surface area contributed by atoms with Crippen molar-refractivity contribution < 1.29 is 4.42 Å². The van der Waals surface area contributed by atoms with E-state index >= 15 is 0 Å². The Kier molecular flexibility index (Phi) is 3.58. The van der Waals surface area contributed by atoms with Crippen molar-refractivity contribution in [2.24, 2.45) is 0 Å². The summed E-state index contributed by atoms with van der Waals surface area (Å²) in [5.41, 5.74) is 8.59. The van der Waals surface area contributed by atoms with Gasteiger partial charge in [0.05, 0.1) is 5.69 Å². The number of hydrogen-bond acceptors (Lipinski definition) is 2. The van der Waals surface area contributed by atoms with Gasteiger partial charge in [0.15, 0.2) is 0 Å². The molecule has 0 amide bonds. The summed E-state index contributed by atoms with van der Waals surface area (Å²) in [5.74, 6) is 0. The molecule has 130 valence electrons. The minimum Gasteiger partial charge on any atom is -0.455 e. The molecule has 0 bridgehead atoms. The fraction of sp³-hybridized carbons (Fsp3) is 0.0800. The summed E-state index contributed by atoms with van der Waals surface area (Å²) in [6.07, 6.45) is 1.95. The third-order valence-corrected chi connectivity index (χ3v) is 5.15. The minimum absolute atomic E-state index is 0.893. The SMILES string of the molecule is Cc1ccc(-c2cc(-c3cccc4c3oc3ccccc34)ncc2C)cc1. The maximum Gasteiger partial charge on any atom is 0.144 e. The number of hydrogen-bond donors (Lipinski definition) is 0. The van der Waals surface area contributed by atoms with Gasteiger partial charge in [0.2, 0.25) is 0 Å². The largest absolute Gasteiger partial charge is 0.455 e. The summed E-state index contributed by atoms with van der Waals surface area (Å²) in [4.78, 5) is 4.71. The Bertz CT molecular complexity index is 1280. The number of pyridine rings is 1. The van der Waals surface area contributed by atoms with Crippen molar-refractivity contribution in [3.63, 3.8) is 0 Å². The Morgan fingerprint density at radius 3 is 2.37 bits per heavy atom. The molecule has 0 saturated carbocycles. The van der Waals surface area contributed by atoms with E-state index in [9.17, 15) is 0 Å². The predicted octanol–water partition coefficient (Wildman–Crippen LogP) is 6.93. The highest BCUT2D eigenvalue weighted by atomic mass is 16.3. The predicted molar refractivity (Wildman–Crippen MR) is 112 cm³/mol. The summed E-state index contributed by atoms with van der Waals surface area (Å²) >= 11 is 0. The summed E-state index contributed by atoms with van der Waals surface area (Å²) in [5, 5.41) is 2.27. The van der Waals surface area contributed by atoms with E-state index in [4.69, 9.17) is 9.40 Å². The van der Waals surface area contributed by atoms with Crippen LogP contribution in [0, 0.1) is 13.8 Å². The lowest BCUT2D eigenvalue weighted by Gasteiger charge is -2.09. The third kappa shape index (κ3) is 2.61. The van der Waals surface area contributed by atoms with Gasteiger partial charge in [0.1, 0.15) is 11.2 Å². The van der Waals surface area contributed by atoms with Crippen LogP contribution in [0.3, 0.4) is 0 Å². The molecular weight excluding hydrogens is 330 g/mol. The Morgan fingerprint density at radius 2 is 1.52 bits per heavy atom. The molecule has 0 N–H and O–H groups in total. The van der Waals surface area contributed by atoms with Gasteiger partial charge in [-0.2, -0.15) is 0 Å². The molecule has 0 unspecified atom stereocenters. The number of furan rings is 1. The first-order valence-electron chi connectivity index (χ1n) is 9.15. The second-order valence-electron chi connectivity index (χ2n) is 7.03. The maximum atomic E-state index is 6.19. The molecule has 2 nitrogen and oxygen atoms in total. The molecule has 2 heterocycles. The molecule has 27 heavy (non-hydrogen) atoms. The van der Waals surface area contributed by atoms with E-state index < -0.39 is 0 Å². The Morgan fingerprint density at radius 1 is 0.741 bits per heavy atom. The number of para-hydroxylation sites is 2. The minimum atomic E-state index is 0.893. The number of aryl methyl sites for hydroxylation is 2. The van der Waals surface area contributed by atoms with Crippen LogP contribution in [-0.4, -0.2) is 4.98 Å². The van der Waals surface area contributed by atoms with Crippen LogP contribution in [0.15, 0.2) is 83.4 Å². The highest BCUT2D eigenvalue weighted by molar-refractivity contribution is 6.09. The zero-order chi connectivity index (χ0) is 18.4. The first kappa shape index (κ1) is 15.8. The van der Waals surface area contributed by atoms with E-state index in [-0.39, 0.29) is 0 Å². The molecule has 3 aromatic carbocycles. The lowest BCUT2D eigenvalue weighted by atomic mass is 9.98.